The molecule has 18 heavy (non-hydrogen) atoms. The average molecular weight is 268 g/mol. The van der Waals surface area contributed by atoms with E-state index in [2.05, 4.69) is 22.5 Å². The summed E-state index contributed by atoms with van der Waals surface area (Å²) in [4.78, 5) is 16.5. The summed E-state index contributed by atoms with van der Waals surface area (Å²) in [5.74, 6) is 0.583. The lowest BCUT2D eigenvalue weighted by Crippen LogP contribution is -2.44. The van der Waals surface area contributed by atoms with Gasteiger partial charge >= 0.3 is 0 Å². The first-order chi connectivity index (χ1) is 8.66. The number of hydrogen-bond acceptors (Lipinski definition) is 3. The highest BCUT2D eigenvalue weighted by Gasteiger charge is 2.37. The van der Waals surface area contributed by atoms with Gasteiger partial charge in [-0.25, -0.2) is 4.98 Å². The van der Waals surface area contributed by atoms with E-state index >= 15 is 0 Å². The predicted molar refractivity (Wildman–Crippen MR) is 72.7 cm³/mol. The molecule has 1 saturated heterocycles. The van der Waals surface area contributed by atoms with Crippen LogP contribution in [0.4, 0.5) is 5.82 Å². The molecule has 0 saturated carbocycles. The van der Waals surface area contributed by atoms with E-state index in [9.17, 15) is 4.79 Å². The van der Waals surface area contributed by atoms with Crippen molar-refractivity contribution in [3.8, 4) is 0 Å². The minimum absolute atomic E-state index is 0.0567. The lowest BCUT2D eigenvalue weighted by Gasteiger charge is -2.35. The molecule has 0 unspecified atom stereocenters. The van der Waals surface area contributed by atoms with Crippen molar-refractivity contribution in [1.82, 2.24) is 10.3 Å². The molecule has 0 aliphatic carbocycles. The van der Waals surface area contributed by atoms with Crippen LogP contribution in [0.25, 0.3) is 0 Å². The largest absolute Gasteiger partial charge is 0.317 e. The van der Waals surface area contributed by atoms with Crippen LogP contribution < -0.4 is 10.6 Å². The number of nitrogens with zero attached hydrogens (tertiary/aromatic N) is 1. The summed E-state index contributed by atoms with van der Waals surface area (Å²) in [7, 11) is 0. The molecule has 4 nitrogen and oxygen atoms in total. The van der Waals surface area contributed by atoms with Gasteiger partial charge in [-0.15, -0.1) is 0 Å². The van der Waals surface area contributed by atoms with E-state index in [0.29, 0.717) is 10.8 Å². The Labute approximate surface area is 112 Å². The SMILES string of the molecule is CCC1(C(=O)Nc2cc(Cl)ccn2)CCNCC1. The van der Waals surface area contributed by atoms with Gasteiger partial charge in [0.25, 0.3) is 0 Å². The number of rotatable bonds is 3. The van der Waals surface area contributed by atoms with Crippen LogP contribution in [0.3, 0.4) is 0 Å². The van der Waals surface area contributed by atoms with Gasteiger partial charge in [0.15, 0.2) is 0 Å². The van der Waals surface area contributed by atoms with Crippen LogP contribution in [0.2, 0.25) is 5.02 Å². The van der Waals surface area contributed by atoms with E-state index in [1.165, 1.54) is 0 Å². The number of halogens is 1. The molecule has 0 bridgehead atoms. The van der Waals surface area contributed by atoms with Gasteiger partial charge in [0.05, 0.1) is 5.41 Å². The molecule has 98 valence electrons. The molecule has 2 N–H and O–H groups in total. The Balaban J connectivity index is 2.10. The lowest BCUT2D eigenvalue weighted by atomic mass is 9.76. The number of carbonyl (C=O) groups excluding carboxylic acids is 1. The second-order valence-electron chi connectivity index (χ2n) is 4.70. The number of piperidine rings is 1. The third-order valence-electron chi connectivity index (χ3n) is 3.68. The molecule has 1 amide bonds. The molecule has 5 heteroatoms. The van der Waals surface area contributed by atoms with E-state index in [-0.39, 0.29) is 11.3 Å². The van der Waals surface area contributed by atoms with Crippen LogP contribution in [0.5, 0.6) is 0 Å². The van der Waals surface area contributed by atoms with Crippen molar-refractivity contribution in [2.75, 3.05) is 18.4 Å². The van der Waals surface area contributed by atoms with E-state index < -0.39 is 0 Å². The van der Waals surface area contributed by atoms with Crippen molar-refractivity contribution in [3.63, 3.8) is 0 Å². The van der Waals surface area contributed by atoms with Gasteiger partial charge in [-0.3, -0.25) is 4.79 Å². The highest BCUT2D eigenvalue weighted by molar-refractivity contribution is 6.30. The Morgan fingerprint density at radius 3 is 2.89 bits per heavy atom. The van der Waals surface area contributed by atoms with Crippen molar-refractivity contribution in [2.24, 2.45) is 5.41 Å². The topological polar surface area (TPSA) is 54.0 Å². The fraction of sp³-hybridized carbons (Fsp3) is 0.538. The third kappa shape index (κ3) is 2.82. The zero-order valence-electron chi connectivity index (χ0n) is 10.5. The maximum absolute atomic E-state index is 12.4. The first-order valence-corrected chi connectivity index (χ1v) is 6.68. The summed E-state index contributed by atoms with van der Waals surface area (Å²) in [6, 6.07) is 3.36. The lowest BCUT2D eigenvalue weighted by molar-refractivity contribution is -0.127. The number of nitrogens with one attached hydrogen (secondary N) is 2. The number of pyridine rings is 1. The van der Waals surface area contributed by atoms with Crippen molar-refractivity contribution in [1.29, 1.82) is 0 Å². The average Bonchev–Trinajstić information content (AvgIpc) is 2.39. The molecular weight excluding hydrogens is 250 g/mol. The third-order valence-corrected chi connectivity index (χ3v) is 3.92. The van der Waals surface area contributed by atoms with Gasteiger partial charge in [0.1, 0.15) is 5.82 Å². The predicted octanol–water partition coefficient (Wildman–Crippen LogP) is 2.45. The Bertz CT molecular complexity index is 430. The molecule has 1 aromatic heterocycles. The van der Waals surface area contributed by atoms with Gasteiger partial charge in [0, 0.05) is 11.2 Å². The smallest absolute Gasteiger partial charge is 0.231 e. The Morgan fingerprint density at radius 1 is 1.56 bits per heavy atom. The summed E-state index contributed by atoms with van der Waals surface area (Å²) in [5, 5.41) is 6.75. The molecule has 2 heterocycles. The van der Waals surface area contributed by atoms with Gasteiger partial charge in [-0.2, -0.15) is 0 Å². The minimum atomic E-state index is -0.269. The normalized spacial score (nSPS) is 18.3. The Hall–Kier alpha value is -1.13. The van der Waals surface area contributed by atoms with E-state index in [1.54, 1.807) is 18.3 Å². The van der Waals surface area contributed by atoms with Crippen LogP contribution in [-0.2, 0) is 4.79 Å². The fourth-order valence-corrected chi connectivity index (χ4v) is 2.53. The van der Waals surface area contributed by atoms with Crippen LogP contribution >= 0.6 is 11.6 Å². The molecule has 2 rings (SSSR count). The zero-order chi connectivity index (χ0) is 13.0. The van der Waals surface area contributed by atoms with E-state index in [1.807, 2.05) is 0 Å². The molecule has 1 fully saturated rings. The van der Waals surface area contributed by atoms with Gasteiger partial charge < -0.3 is 10.6 Å². The summed E-state index contributed by atoms with van der Waals surface area (Å²) in [6.45, 7) is 3.85. The van der Waals surface area contributed by atoms with Crippen molar-refractivity contribution >= 4 is 23.3 Å². The highest BCUT2D eigenvalue weighted by atomic mass is 35.5. The summed E-state index contributed by atoms with van der Waals surface area (Å²) in [5.41, 5.74) is -0.269. The minimum Gasteiger partial charge on any atom is -0.317 e. The zero-order valence-corrected chi connectivity index (χ0v) is 11.3. The fourth-order valence-electron chi connectivity index (χ4n) is 2.37. The number of amides is 1. The van der Waals surface area contributed by atoms with Crippen molar-refractivity contribution < 1.29 is 4.79 Å². The molecular formula is C13H18ClN3O. The summed E-state index contributed by atoms with van der Waals surface area (Å²) >= 11 is 5.88. The standard InChI is InChI=1S/C13H18ClN3O/c1-2-13(4-7-15-8-5-13)12(18)17-11-9-10(14)3-6-16-11/h3,6,9,15H,2,4-5,7-8H2,1H3,(H,16,17,18). The second-order valence-corrected chi connectivity index (χ2v) is 5.13. The van der Waals surface area contributed by atoms with Gasteiger partial charge in [-0.05, 0) is 44.5 Å². The molecule has 0 spiro atoms. The number of carbonyl (C=O) groups is 1. The molecule has 1 aliphatic rings. The maximum Gasteiger partial charge on any atom is 0.231 e. The monoisotopic (exact) mass is 267 g/mol. The molecule has 0 aromatic carbocycles. The van der Waals surface area contributed by atoms with Crippen molar-refractivity contribution in [2.45, 2.75) is 26.2 Å². The first-order valence-electron chi connectivity index (χ1n) is 6.30. The quantitative estimate of drug-likeness (QED) is 0.885. The Kier molecular flexibility index (Phi) is 4.19. The molecule has 1 aromatic rings. The maximum atomic E-state index is 12.4. The number of hydrogen-bond donors (Lipinski definition) is 2. The molecule has 0 atom stereocenters. The number of aromatic nitrogens is 1. The van der Waals surface area contributed by atoms with Crippen LogP contribution in [0.15, 0.2) is 18.3 Å². The molecule has 0 radical (unpaired) electrons. The van der Waals surface area contributed by atoms with Gasteiger partial charge in [-0.1, -0.05) is 18.5 Å². The highest BCUT2D eigenvalue weighted by Crippen LogP contribution is 2.33. The summed E-state index contributed by atoms with van der Waals surface area (Å²) in [6.07, 6.45) is 4.19. The van der Waals surface area contributed by atoms with E-state index in [4.69, 9.17) is 11.6 Å². The summed E-state index contributed by atoms with van der Waals surface area (Å²) < 4.78 is 0. The van der Waals surface area contributed by atoms with Crippen molar-refractivity contribution in [3.05, 3.63) is 23.4 Å². The van der Waals surface area contributed by atoms with Gasteiger partial charge in [0.2, 0.25) is 5.91 Å². The number of anilines is 1. The van der Waals surface area contributed by atoms with Crippen LogP contribution in [0.1, 0.15) is 26.2 Å². The Morgan fingerprint density at radius 2 is 2.28 bits per heavy atom. The van der Waals surface area contributed by atoms with Crippen LogP contribution in [0, 0.1) is 5.41 Å². The van der Waals surface area contributed by atoms with E-state index in [0.717, 1.165) is 32.4 Å². The second kappa shape index (κ2) is 5.67. The first kappa shape index (κ1) is 13.3. The molecule has 1 aliphatic heterocycles. The van der Waals surface area contributed by atoms with Crippen LogP contribution in [-0.4, -0.2) is 24.0 Å².